The summed E-state index contributed by atoms with van der Waals surface area (Å²) in [5.74, 6) is -15.0. The highest BCUT2D eigenvalue weighted by atomic mass is 19.2. The van der Waals surface area contributed by atoms with Gasteiger partial charge in [-0.25, -0.2) is 18.0 Å². The smallest absolute Gasteiger partial charge is 0.329 e. The predicted octanol–water partition coefficient (Wildman–Crippen LogP) is 4.93. The molecule has 0 radical (unpaired) electrons. The fraction of sp³-hybridized carbons (Fsp3) is 0.440. The van der Waals surface area contributed by atoms with Crippen LogP contribution < -0.4 is 19.5 Å². The molecule has 0 bridgehead atoms. The summed E-state index contributed by atoms with van der Waals surface area (Å²) in [7, 11) is 2.84. The highest BCUT2D eigenvalue weighted by Gasteiger charge is 2.36. The first-order chi connectivity index (χ1) is 17.0. The minimum Gasteiger partial charge on any atom is -0.497 e. The van der Waals surface area contributed by atoms with E-state index in [4.69, 9.17) is 14.2 Å². The topological polar surface area (TPSA) is 83.1 Å². The summed E-state index contributed by atoms with van der Waals surface area (Å²) in [6.07, 6.45) is -0.698. The molecule has 0 spiro atoms. The monoisotopic (exact) mass is 533 g/mol. The molecule has 0 amide bonds. The average molecular weight is 533 g/mol. The van der Waals surface area contributed by atoms with Crippen LogP contribution >= 0.6 is 0 Å². The number of ether oxygens (including phenoxy) is 4. The zero-order chi connectivity index (χ0) is 28.3. The van der Waals surface area contributed by atoms with Crippen LogP contribution in [0.2, 0.25) is 0 Å². The van der Waals surface area contributed by atoms with Gasteiger partial charge in [0.25, 0.3) is 0 Å². The molecular formula is C25H28F5NO6. The molecule has 1 N–H and O–H groups in total. The van der Waals surface area contributed by atoms with Gasteiger partial charge in [0.2, 0.25) is 34.8 Å². The molecule has 0 fully saturated rings. The number of halogens is 5. The molecule has 0 aliphatic carbocycles. The maximum atomic E-state index is 14.1. The minimum absolute atomic E-state index is 0.400. The Labute approximate surface area is 210 Å². The van der Waals surface area contributed by atoms with E-state index in [9.17, 15) is 31.5 Å². The van der Waals surface area contributed by atoms with Gasteiger partial charge in [-0.3, -0.25) is 10.1 Å². The fourth-order valence-electron chi connectivity index (χ4n) is 3.28. The van der Waals surface area contributed by atoms with Crippen molar-refractivity contribution in [1.29, 1.82) is 0 Å². The van der Waals surface area contributed by atoms with Crippen molar-refractivity contribution in [3.05, 3.63) is 52.8 Å². The number of nitrogens with one attached hydrogen (secondary N) is 1. The van der Waals surface area contributed by atoms with E-state index in [-0.39, 0.29) is 0 Å². The van der Waals surface area contributed by atoms with Crippen molar-refractivity contribution < 1.29 is 50.5 Å². The molecule has 204 valence electrons. The van der Waals surface area contributed by atoms with Gasteiger partial charge in [0.05, 0.1) is 20.6 Å². The normalized spacial score (nSPS) is 12.6. The summed E-state index contributed by atoms with van der Waals surface area (Å²) in [6, 6.07) is 3.16. The molecular weight excluding hydrogens is 505 g/mol. The summed E-state index contributed by atoms with van der Waals surface area (Å²) < 4.78 is 89.2. The summed E-state index contributed by atoms with van der Waals surface area (Å²) in [6.45, 7) is 7.94. The van der Waals surface area contributed by atoms with E-state index in [2.05, 4.69) is 10.1 Å². The highest BCUT2D eigenvalue weighted by molar-refractivity contribution is 5.84. The molecule has 1 atom stereocenters. The number of carbonyl (C=O) groups is 2. The summed E-state index contributed by atoms with van der Waals surface area (Å²) in [5, 5.41) is 2.84. The van der Waals surface area contributed by atoms with Crippen LogP contribution in [0.3, 0.4) is 0 Å². The van der Waals surface area contributed by atoms with E-state index in [1.165, 1.54) is 14.2 Å². The molecule has 0 saturated carbocycles. The second kappa shape index (κ2) is 11.3. The van der Waals surface area contributed by atoms with Crippen LogP contribution in [0.1, 0.15) is 46.6 Å². The molecule has 7 nitrogen and oxygen atoms in total. The van der Waals surface area contributed by atoms with Gasteiger partial charge in [-0.15, -0.1) is 0 Å². The van der Waals surface area contributed by atoms with Gasteiger partial charge in [0, 0.05) is 11.6 Å². The molecule has 37 heavy (non-hydrogen) atoms. The van der Waals surface area contributed by atoms with Gasteiger partial charge in [-0.05, 0) is 52.3 Å². The fourth-order valence-corrected chi connectivity index (χ4v) is 3.28. The molecule has 1 unspecified atom stereocenters. The number of esters is 2. The van der Waals surface area contributed by atoms with Gasteiger partial charge in [-0.1, -0.05) is 0 Å². The zero-order valence-electron chi connectivity index (χ0n) is 21.4. The number of hydrogen-bond donors (Lipinski definition) is 1. The quantitative estimate of drug-likeness (QED) is 0.161. The first-order valence-corrected chi connectivity index (χ1v) is 11.0. The Morgan fingerprint density at radius 3 is 1.70 bits per heavy atom. The van der Waals surface area contributed by atoms with Gasteiger partial charge < -0.3 is 18.9 Å². The van der Waals surface area contributed by atoms with Gasteiger partial charge >= 0.3 is 11.9 Å². The van der Waals surface area contributed by atoms with Crippen LogP contribution in [-0.4, -0.2) is 37.8 Å². The number of benzene rings is 2. The van der Waals surface area contributed by atoms with Crippen LogP contribution in [0.25, 0.3) is 0 Å². The summed E-state index contributed by atoms with van der Waals surface area (Å²) in [5.41, 5.74) is -1.59. The Hall–Kier alpha value is -3.41. The lowest BCUT2D eigenvalue weighted by molar-refractivity contribution is -0.158. The third kappa shape index (κ3) is 7.31. The maximum absolute atomic E-state index is 14.1. The van der Waals surface area contributed by atoms with Gasteiger partial charge in [-0.2, -0.15) is 8.78 Å². The maximum Gasteiger partial charge on any atom is 0.329 e. The van der Waals surface area contributed by atoms with Gasteiger partial charge in [0.1, 0.15) is 23.1 Å². The van der Waals surface area contributed by atoms with Crippen molar-refractivity contribution in [3.8, 4) is 17.2 Å². The SMILES string of the molecule is COc1cc(OC)cc(C(C)(C)NC(CC(=O)OC(C)(C)C)C(=O)Oc2c(F)c(F)c(F)c(F)c2F)c1. The molecule has 0 heterocycles. The predicted molar refractivity (Wildman–Crippen MR) is 122 cm³/mol. The largest absolute Gasteiger partial charge is 0.497 e. The molecule has 12 heteroatoms. The van der Waals surface area contributed by atoms with Gasteiger partial charge in [0.15, 0.2) is 0 Å². The van der Waals surface area contributed by atoms with E-state index in [0.717, 1.165) is 0 Å². The highest BCUT2D eigenvalue weighted by Crippen LogP contribution is 2.32. The molecule has 2 rings (SSSR count). The molecule has 0 saturated heterocycles. The van der Waals surface area contributed by atoms with Crippen molar-refractivity contribution in [2.75, 3.05) is 14.2 Å². The summed E-state index contributed by atoms with van der Waals surface area (Å²) >= 11 is 0. The van der Waals surface area contributed by atoms with E-state index < -0.39 is 70.4 Å². The van der Waals surface area contributed by atoms with E-state index in [1.807, 2.05) is 0 Å². The first kappa shape index (κ1) is 29.8. The molecule has 2 aromatic carbocycles. The first-order valence-electron chi connectivity index (χ1n) is 11.0. The minimum atomic E-state index is -2.41. The number of carbonyl (C=O) groups excluding carboxylic acids is 2. The average Bonchev–Trinajstić information content (AvgIpc) is 2.81. The van der Waals surface area contributed by atoms with Crippen LogP contribution in [0.5, 0.6) is 17.2 Å². The van der Waals surface area contributed by atoms with Crippen molar-refractivity contribution >= 4 is 11.9 Å². The second-order valence-corrected chi connectivity index (χ2v) is 9.53. The number of rotatable bonds is 9. The Balaban J connectivity index is 2.48. The second-order valence-electron chi connectivity index (χ2n) is 9.53. The Morgan fingerprint density at radius 1 is 0.811 bits per heavy atom. The lowest BCUT2D eigenvalue weighted by Gasteiger charge is -2.32. The molecule has 0 aliphatic heterocycles. The van der Waals surface area contributed by atoms with Crippen molar-refractivity contribution in [3.63, 3.8) is 0 Å². The zero-order valence-corrected chi connectivity index (χ0v) is 21.4. The van der Waals surface area contributed by atoms with Crippen LogP contribution in [-0.2, 0) is 19.9 Å². The molecule has 2 aromatic rings. The summed E-state index contributed by atoms with van der Waals surface area (Å²) in [4.78, 5) is 25.5. The van der Waals surface area contributed by atoms with Crippen molar-refractivity contribution in [1.82, 2.24) is 5.32 Å². The van der Waals surface area contributed by atoms with Crippen molar-refractivity contribution in [2.24, 2.45) is 0 Å². The third-order valence-corrected chi connectivity index (χ3v) is 5.06. The van der Waals surface area contributed by atoms with E-state index >= 15 is 0 Å². The van der Waals surface area contributed by atoms with Crippen LogP contribution in [0.15, 0.2) is 18.2 Å². The number of methoxy groups -OCH3 is 2. The van der Waals surface area contributed by atoms with Crippen molar-refractivity contribution in [2.45, 2.75) is 58.2 Å². The van der Waals surface area contributed by atoms with Crippen LogP contribution in [0.4, 0.5) is 22.0 Å². The Kier molecular flexibility index (Phi) is 9.13. The molecule has 0 aliphatic rings. The third-order valence-electron chi connectivity index (χ3n) is 5.06. The Morgan fingerprint density at radius 2 is 1.27 bits per heavy atom. The van der Waals surface area contributed by atoms with Crippen LogP contribution in [0, 0.1) is 29.1 Å². The Bertz CT molecular complexity index is 1130. The van der Waals surface area contributed by atoms with E-state index in [1.54, 1.807) is 52.8 Å². The molecule has 0 aromatic heterocycles. The number of hydrogen-bond acceptors (Lipinski definition) is 7. The standard InChI is InChI=1S/C25H28F5NO6/c1-24(2,3)37-16(32)11-15(23(33)36-22-20(29)18(27)17(26)19(28)21(22)30)31-25(4,5)12-8-13(34-6)10-14(9-12)35-7/h8-10,15,31H,11H2,1-7H3. The lowest BCUT2D eigenvalue weighted by atomic mass is 9.92. The lowest BCUT2D eigenvalue weighted by Crippen LogP contribution is -2.50. The van der Waals surface area contributed by atoms with E-state index in [0.29, 0.717) is 17.1 Å².